The molecule has 3 amide bonds. The average Bonchev–Trinajstić information content (AvgIpc) is 3.31. The molecule has 2 fully saturated rings. The summed E-state index contributed by atoms with van der Waals surface area (Å²) in [4.78, 5) is 52.9. The van der Waals surface area contributed by atoms with Gasteiger partial charge in [0.2, 0.25) is 11.8 Å². The number of anilines is 1. The van der Waals surface area contributed by atoms with Gasteiger partial charge in [-0.25, -0.2) is 9.59 Å². The van der Waals surface area contributed by atoms with Gasteiger partial charge in [0.1, 0.15) is 29.8 Å². The monoisotopic (exact) mass is 493 g/mol. The molecule has 6 atom stereocenters. The van der Waals surface area contributed by atoms with Crippen LogP contribution in [0, 0.1) is 5.92 Å². The minimum Gasteiger partial charge on any atom is -0.444 e. The summed E-state index contributed by atoms with van der Waals surface area (Å²) in [5.41, 5.74) is -1.26. The largest absolute Gasteiger partial charge is 0.444 e. The van der Waals surface area contributed by atoms with E-state index in [1.165, 1.54) is 23.8 Å². The molecular formula is C23H35N5O7. The van der Waals surface area contributed by atoms with Crippen molar-refractivity contribution in [3.8, 4) is 0 Å². The van der Waals surface area contributed by atoms with Crippen LogP contribution < -0.4 is 21.6 Å². The smallest absolute Gasteiger partial charge is 0.408 e. The van der Waals surface area contributed by atoms with Gasteiger partial charge in [-0.3, -0.25) is 14.2 Å². The predicted octanol–water partition coefficient (Wildman–Crippen LogP) is 1.31. The Labute approximate surface area is 204 Å². The number of carbonyl (C=O) groups is 3. The highest BCUT2D eigenvalue weighted by atomic mass is 16.6. The van der Waals surface area contributed by atoms with Crippen LogP contribution in [0.2, 0.25) is 0 Å². The first-order valence-corrected chi connectivity index (χ1v) is 11.8. The Bertz CT molecular complexity index is 1000. The molecule has 0 aromatic carbocycles. The van der Waals surface area contributed by atoms with Gasteiger partial charge in [-0.1, -0.05) is 20.3 Å². The van der Waals surface area contributed by atoms with Crippen molar-refractivity contribution in [3.63, 3.8) is 0 Å². The molecule has 0 aliphatic carbocycles. The topological polar surface area (TPSA) is 150 Å². The zero-order chi connectivity index (χ0) is 25.9. The first-order valence-electron chi connectivity index (χ1n) is 11.8. The van der Waals surface area contributed by atoms with Crippen molar-refractivity contribution in [1.82, 2.24) is 20.2 Å². The van der Waals surface area contributed by atoms with Gasteiger partial charge in [0, 0.05) is 19.5 Å². The Kier molecular flexibility index (Phi) is 8.16. The van der Waals surface area contributed by atoms with E-state index in [2.05, 4.69) is 20.9 Å². The molecule has 3 heterocycles. The Morgan fingerprint density at radius 3 is 2.63 bits per heavy atom. The third kappa shape index (κ3) is 6.79. The summed E-state index contributed by atoms with van der Waals surface area (Å²) in [6, 6.07) is 0.269. The SMILES string of the molecule is CC[C@H](C)[C@H](NC(=O)OC(C)(C)C)C(=O)N[C@H]1CO[C@@H]2C[C@H](n3ccc(NC(C)=O)nc3=O)O[C@H]12. The maximum Gasteiger partial charge on any atom is 0.408 e. The lowest BCUT2D eigenvalue weighted by atomic mass is 9.98. The van der Waals surface area contributed by atoms with Gasteiger partial charge in [-0.15, -0.1) is 0 Å². The molecular weight excluding hydrogens is 458 g/mol. The van der Waals surface area contributed by atoms with E-state index in [1.807, 2.05) is 13.8 Å². The molecule has 0 saturated carbocycles. The lowest BCUT2D eigenvalue weighted by Gasteiger charge is -2.28. The van der Waals surface area contributed by atoms with E-state index >= 15 is 0 Å². The molecule has 12 nitrogen and oxygen atoms in total. The summed E-state index contributed by atoms with van der Waals surface area (Å²) < 4.78 is 18.6. The van der Waals surface area contributed by atoms with E-state index in [9.17, 15) is 19.2 Å². The van der Waals surface area contributed by atoms with Crippen molar-refractivity contribution in [2.24, 2.45) is 5.92 Å². The minimum absolute atomic E-state index is 0.135. The molecule has 0 unspecified atom stereocenters. The van der Waals surface area contributed by atoms with Crippen LogP contribution in [0.4, 0.5) is 10.6 Å². The third-order valence-electron chi connectivity index (χ3n) is 5.94. The Morgan fingerprint density at radius 2 is 2.03 bits per heavy atom. The van der Waals surface area contributed by atoms with Gasteiger partial charge >= 0.3 is 11.8 Å². The fraction of sp³-hybridized carbons (Fsp3) is 0.696. The van der Waals surface area contributed by atoms with Gasteiger partial charge in [0.15, 0.2) is 0 Å². The molecule has 2 aliphatic heterocycles. The maximum absolute atomic E-state index is 13.1. The zero-order valence-electron chi connectivity index (χ0n) is 21.0. The van der Waals surface area contributed by atoms with Crippen molar-refractivity contribution >= 4 is 23.7 Å². The van der Waals surface area contributed by atoms with Crippen LogP contribution in [0.1, 0.15) is 60.6 Å². The van der Waals surface area contributed by atoms with E-state index in [4.69, 9.17) is 14.2 Å². The second kappa shape index (κ2) is 10.7. The molecule has 12 heteroatoms. The Hall–Kier alpha value is -2.99. The van der Waals surface area contributed by atoms with E-state index in [0.717, 1.165) is 0 Å². The first-order chi connectivity index (χ1) is 16.4. The number of amides is 3. The molecule has 35 heavy (non-hydrogen) atoms. The van der Waals surface area contributed by atoms with Gasteiger partial charge < -0.3 is 30.2 Å². The molecule has 0 radical (unpaired) electrons. The van der Waals surface area contributed by atoms with Crippen molar-refractivity contribution in [2.75, 3.05) is 11.9 Å². The quantitative estimate of drug-likeness (QED) is 0.515. The normalized spacial score (nSPS) is 25.3. The predicted molar refractivity (Wildman–Crippen MR) is 126 cm³/mol. The number of aromatic nitrogens is 2. The number of nitrogens with zero attached hydrogens (tertiary/aromatic N) is 2. The molecule has 3 N–H and O–H groups in total. The summed E-state index contributed by atoms with van der Waals surface area (Å²) >= 11 is 0. The van der Waals surface area contributed by atoms with Crippen LogP contribution in [0.25, 0.3) is 0 Å². The molecule has 1 aromatic heterocycles. The van der Waals surface area contributed by atoms with Crippen LogP contribution in [0.5, 0.6) is 0 Å². The van der Waals surface area contributed by atoms with Crippen LogP contribution in [0.15, 0.2) is 17.1 Å². The fourth-order valence-corrected chi connectivity index (χ4v) is 4.09. The van der Waals surface area contributed by atoms with E-state index in [0.29, 0.717) is 12.8 Å². The van der Waals surface area contributed by atoms with Crippen molar-refractivity contribution in [2.45, 2.75) is 90.5 Å². The van der Waals surface area contributed by atoms with Crippen LogP contribution in [0.3, 0.4) is 0 Å². The Balaban J connectivity index is 1.65. The number of rotatable bonds is 7. The second-order valence-corrected chi connectivity index (χ2v) is 9.97. The van der Waals surface area contributed by atoms with Crippen LogP contribution in [-0.2, 0) is 23.8 Å². The highest BCUT2D eigenvalue weighted by Gasteiger charge is 2.48. The van der Waals surface area contributed by atoms with Gasteiger partial charge in [-0.2, -0.15) is 4.98 Å². The molecule has 3 rings (SSSR count). The summed E-state index contributed by atoms with van der Waals surface area (Å²) in [5, 5.41) is 8.09. The number of hydrogen-bond acceptors (Lipinski definition) is 8. The molecule has 2 saturated heterocycles. The highest BCUT2D eigenvalue weighted by molar-refractivity contribution is 5.87. The van der Waals surface area contributed by atoms with E-state index in [1.54, 1.807) is 20.8 Å². The van der Waals surface area contributed by atoms with E-state index < -0.39 is 41.8 Å². The fourth-order valence-electron chi connectivity index (χ4n) is 4.09. The lowest BCUT2D eigenvalue weighted by Crippen LogP contribution is -2.55. The van der Waals surface area contributed by atoms with E-state index in [-0.39, 0.29) is 36.3 Å². The van der Waals surface area contributed by atoms with Crippen LogP contribution in [-0.4, -0.2) is 64.0 Å². The lowest BCUT2D eigenvalue weighted by molar-refractivity contribution is -0.126. The number of fused-ring (bicyclic) bond motifs is 1. The zero-order valence-corrected chi connectivity index (χ0v) is 21.0. The standard InChI is InChI=1S/C23H35N5O7/c1-7-12(2)18(27-22(32)35-23(4,5)6)20(30)25-14-11-33-15-10-17(34-19(14)15)28-9-8-16(24-13(3)29)26-21(28)31/h8-9,12,14-15,17-19H,7,10-11H2,1-6H3,(H,25,30)(H,27,32)(H,24,26,29,31)/t12-,14-,15+,17+,18-,19+/m0/s1. The molecule has 0 spiro atoms. The number of alkyl carbamates (subject to hydrolysis) is 1. The first kappa shape index (κ1) is 26.6. The highest BCUT2D eigenvalue weighted by Crippen LogP contribution is 2.35. The minimum atomic E-state index is -0.792. The number of ether oxygens (including phenoxy) is 3. The van der Waals surface area contributed by atoms with Crippen molar-refractivity contribution in [3.05, 3.63) is 22.7 Å². The summed E-state index contributed by atoms with van der Waals surface area (Å²) in [5.74, 6) is -0.660. The van der Waals surface area contributed by atoms with Gasteiger partial charge in [0.05, 0.1) is 18.8 Å². The average molecular weight is 494 g/mol. The number of hydrogen-bond donors (Lipinski definition) is 3. The number of nitrogens with one attached hydrogen (secondary N) is 3. The number of carbonyl (C=O) groups excluding carboxylic acids is 3. The van der Waals surface area contributed by atoms with Gasteiger partial charge in [-0.05, 0) is 32.8 Å². The summed E-state index contributed by atoms with van der Waals surface area (Å²) in [7, 11) is 0. The van der Waals surface area contributed by atoms with Crippen molar-refractivity contribution in [1.29, 1.82) is 0 Å². The summed E-state index contributed by atoms with van der Waals surface area (Å²) in [6.07, 6.45) is 0.515. The van der Waals surface area contributed by atoms with Gasteiger partial charge in [0.25, 0.3) is 0 Å². The molecule has 2 aliphatic rings. The third-order valence-corrected chi connectivity index (χ3v) is 5.94. The molecule has 0 bridgehead atoms. The Morgan fingerprint density at radius 1 is 1.31 bits per heavy atom. The second-order valence-electron chi connectivity index (χ2n) is 9.97. The molecule has 1 aromatic rings. The van der Waals surface area contributed by atoms with Crippen LogP contribution >= 0.6 is 0 Å². The maximum atomic E-state index is 13.1. The van der Waals surface area contributed by atoms with Crippen molar-refractivity contribution < 1.29 is 28.6 Å². The molecule has 194 valence electrons. The summed E-state index contributed by atoms with van der Waals surface area (Å²) in [6.45, 7) is 10.7.